The van der Waals surface area contributed by atoms with Gasteiger partial charge in [-0.1, -0.05) is 37.7 Å². The quantitative estimate of drug-likeness (QED) is 0.182. The number of alkyl halides is 10. The van der Waals surface area contributed by atoms with Crippen LogP contribution in [0.15, 0.2) is 45.4 Å². The molecule has 2 aromatic heterocycles. The fraction of sp³-hybridized carbons (Fsp3) is 0.538. The van der Waals surface area contributed by atoms with Crippen LogP contribution in [-0.4, -0.2) is 59.2 Å². The molecule has 0 aliphatic carbocycles. The zero-order valence-corrected chi connectivity index (χ0v) is 25.7. The largest absolute Gasteiger partial charge is 0.459 e. The molecule has 2 heterocycles. The molecule has 1 N–H and O–H groups in total. The number of aliphatic hydroxyl groups is 1. The predicted molar refractivity (Wildman–Crippen MR) is 161 cm³/mol. The topological polar surface area (TPSA) is 135 Å². The summed E-state index contributed by atoms with van der Waals surface area (Å²) in [5.41, 5.74) is -2.22. The SMILES string of the molecule is C.C.CC(c1ccc(C(F)(F)C(F)(F)F)nc1)S(C)(=O)=NC#N.CC(c1ccc(C(F)(F)C(F)(F)F)nc1)S(C)=NC#N.CCO.[B]. The molecule has 0 spiro atoms. The van der Waals surface area contributed by atoms with Crippen molar-refractivity contribution >= 4 is 28.8 Å². The summed E-state index contributed by atoms with van der Waals surface area (Å²) in [6.07, 6.45) is -3.87. The van der Waals surface area contributed by atoms with Crippen molar-refractivity contribution in [2.75, 3.05) is 19.1 Å². The average molecular weight is 728 g/mol. The van der Waals surface area contributed by atoms with Crippen LogP contribution in [0.3, 0.4) is 0 Å². The molecule has 2 rings (SSSR count). The summed E-state index contributed by atoms with van der Waals surface area (Å²) in [4.78, 5) is 6.28. The van der Waals surface area contributed by atoms with Gasteiger partial charge in [0.1, 0.15) is 11.4 Å². The molecule has 47 heavy (non-hydrogen) atoms. The van der Waals surface area contributed by atoms with Crippen LogP contribution in [0, 0.1) is 22.9 Å². The van der Waals surface area contributed by atoms with E-state index < -0.39 is 61.3 Å². The van der Waals surface area contributed by atoms with Crippen molar-refractivity contribution in [1.82, 2.24) is 9.97 Å². The number of nitriles is 2. The van der Waals surface area contributed by atoms with E-state index in [0.717, 1.165) is 24.5 Å². The molecule has 0 bridgehead atoms. The fourth-order valence-electron chi connectivity index (χ4n) is 2.71. The van der Waals surface area contributed by atoms with Gasteiger partial charge in [-0.05, 0) is 50.3 Å². The molecular weight excluding hydrogens is 693 g/mol. The lowest BCUT2D eigenvalue weighted by molar-refractivity contribution is -0.291. The first-order valence-corrected chi connectivity index (χ1v) is 15.4. The van der Waals surface area contributed by atoms with E-state index in [4.69, 9.17) is 15.6 Å². The Balaban J connectivity index is -0.000000343. The molecule has 2 aromatic rings. The van der Waals surface area contributed by atoms with Gasteiger partial charge in [-0.2, -0.15) is 58.8 Å². The van der Waals surface area contributed by atoms with Crippen molar-refractivity contribution in [2.24, 2.45) is 8.73 Å². The molecule has 0 saturated carbocycles. The van der Waals surface area contributed by atoms with Crippen molar-refractivity contribution in [1.29, 1.82) is 10.5 Å². The van der Waals surface area contributed by atoms with Crippen LogP contribution in [0.2, 0.25) is 0 Å². The first kappa shape index (κ1) is 50.6. The van der Waals surface area contributed by atoms with Gasteiger partial charge in [0.15, 0.2) is 0 Å². The molecule has 0 aliphatic rings. The van der Waals surface area contributed by atoms with Gasteiger partial charge in [-0.15, -0.1) is 4.36 Å². The first-order chi connectivity index (χ1) is 20.0. The van der Waals surface area contributed by atoms with E-state index in [0.29, 0.717) is 17.7 Å². The number of rotatable bonds is 6. The number of nitrogens with zero attached hydrogens (tertiary/aromatic N) is 6. The van der Waals surface area contributed by atoms with E-state index in [1.165, 1.54) is 19.4 Å². The molecule has 0 aromatic carbocycles. The van der Waals surface area contributed by atoms with Gasteiger partial charge in [-0.25, -0.2) is 4.21 Å². The number of halogens is 10. The molecule has 0 saturated heterocycles. The summed E-state index contributed by atoms with van der Waals surface area (Å²) in [6.45, 7) is 5.02. The number of aromatic nitrogens is 2. The van der Waals surface area contributed by atoms with Gasteiger partial charge in [0.25, 0.3) is 0 Å². The minimum absolute atomic E-state index is 0. The lowest BCUT2D eigenvalue weighted by atomic mass is 10.1. The number of pyridine rings is 2. The molecule has 3 radical (unpaired) electrons. The summed E-state index contributed by atoms with van der Waals surface area (Å²) in [7, 11) is -3.67. The highest BCUT2D eigenvalue weighted by molar-refractivity contribution is 7.93. The van der Waals surface area contributed by atoms with Crippen LogP contribution in [0.4, 0.5) is 43.9 Å². The van der Waals surface area contributed by atoms with Crippen LogP contribution in [-0.2, 0) is 32.3 Å². The highest BCUT2D eigenvalue weighted by Crippen LogP contribution is 2.44. The molecular formula is C26H34BF10N6O2S2. The maximum absolute atomic E-state index is 13.0. The van der Waals surface area contributed by atoms with Crippen molar-refractivity contribution in [3.8, 4) is 12.4 Å². The lowest BCUT2D eigenvalue weighted by Gasteiger charge is -2.19. The molecule has 21 heteroatoms. The Morgan fingerprint density at radius 3 is 1.49 bits per heavy atom. The Hall–Kier alpha value is -3.30. The number of aliphatic hydroxyl groups excluding tert-OH is 1. The van der Waals surface area contributed by atoms with Crippen LogP contribution in [0.5, 0.6) is 0 Å². The van der Waals surface area contributed by atoms with Gasteiger partial charge in [0.2, 0.25) is 12.4 Å². The number of hydrogen-bond donors (Lipinski definition) is 1. The fourth-order valence-corrected chi connectivity index (χ4v) is 4.49. The second-order valence-electron chi connectivity index (χ2n) is 8.47. The Morgan fingerprint density at radius 1 is 0.851 bits per heavy atom. The zero-order chi connectivity index (χ0) is 34.7. The third-order valence-electron chi connectivity index (χ3n) is 5.44. The number of hydrogen-bond acceptors (Lipinski definition) is 8. The van der Waals surface area contributed by atoms with Crippen LogP contribution < -0.4 is 0 Å². The molecule has 8 nitrogen and oxygen atoms in total. The summed E-state index contributed by atoms with van der Waals surface area (Å²) >= 11 is 0. The Bertz CT molecular complexity index is 1470. The summed E-state index contributed by atoms with van der Waals surface area (Å²) < 4.78 is 144. The van der Waals surface area contributed by atoms with Crippen LogP contribution in [0.1, 0.15) is 68.6 Å². The molecule has 0 amide bonds. The van der Waals surface area contributed by atoms with Gasteiger partial charge in [-0.3, -0.25) is 9.97 Å². The molecule has 0 fully saturated rings. The Morgan fingerprint density at radius 2 is 1.21 bits per heavy atom. The van der Waals surface area contributed by atoms with Crippen molar-refractivity contribution < 1.29 is 53.2 Å². The van der Waals surface area contributed by atoms with Crippen LogP contribution in [0.25, 0.3) is 0 Å². The van der Waals surface area contributed by atoms with Crippen LogP contribution >= 0.6 is 0 Å². The highest BCUT2D eigenvalue weighted by Gasteiger charge is 2.60. The highest BCUT2D eigenvalue weighted by atomic mass is 32.2. The smallest absolute Gasteiger partial charge is 0.397 e. The van der Waals surface area contributed by atoms with E-state index in [9.17, 15) is 48.1 Å². The van der Waals surface area contributed by atoms with Crippen molar-refractivity contribution in [3.63, 3.8) is 0 Å². The third kappa shape index (κ3) is 13.8. The molecule has 4 unspecified atom stereocenters. The predicted octanol–water partition coefficient (Wildman–Crippen LogP) is 7.98. The van der Waals surface area contributed by atoms with E-state index in [-0.39, 0.29) is 40.7 Å². The molecule has 0 aliphatic heterocycles. The Kier molecular flexibility index (Phi) is 21.7. The van der Waals surface area contributed by atoms with Crippen molar-refractivity contribution in [2.45, 2.75) is 70.3 Å². The summed E-state index contributed by atoms with van der Waals surface area (Å²) in [6, 6.07) is 3.26. The first-order valence-electron chi connectivity index (χ1n) is 11.7. The second kappa shape index (κ2) is 20.2. The minimum Gasteiger partial charge on any atom is -0.397 e. The van der Waals surface area contributed by atoms with Gasteiger partial charge < -0.3 is 5.11 Å². The second-order valence-corrected chi connectivity index (χ2v) is 13.0. The standard InChI is InChI=1S/C11H10F5N3OS.C11H10F5N3S.C2H6O.2CH4.B/c1-7(21(2,20)19-6-17)8-3-4-9(18-5-8)10(12,13)11(14,15)16;1-7(20(2)19-6-17)8-3-4-9(18-5-8)10(12,13)11(14,15)16;1-2-3;;;/h3-5,7H,1-2H3;3-5,7H,1-2H3;3H,2H2,1H3;2*1H4;. The minimum atomic E-state index is -5.75. The summed E-state index contributed by atoms with van der Waals surface area (Å²) in [5.74, 6) is -10.1. The van der Waals surface area contributed by atoms with Gasteiger partial charge in [0, 0.05) is 38.9 Å². The maximum Gasteiger partial charge on any atom is 0.459 e. The normalized spacial score (nSPS) is 14.5. The van der Waals surface area contributed by atoms with E-state index in [1.54, 1.807) is 26.3 Å². The monoisotopic (exact) mass is 727 g/mol. The molecule has 265 valence electrons. The van der Waals surface area contributed by atoms with Crippen molar-refractivity contribution in [3.05, 3.63) is 59.2 Å². The third-order valence-corrected chi connectivity index (χ3v) is 9.14. The van der Waals surface area contributed by atoms with Gasteiger partial charge >= 0.3 is 24.2 Å². The van der Waals surface area contributed by atoms with E-state index >= 15 is 0 Å². The molecule has 4 atom stereocenters. The zero-order valence-electron chi connectivity index (χ0n) is 24.0. The Labute approximate surface area is 272 Å². The lowest BCUT2D eigenvalue weighted by Crippen LogP contribution is -2.34. The summed E-state index contributed by atoms with van der Waals surface area (Å²) in [5, 5.41) is 23.3. The average Bonchev–Trinajstić information content (AvgIpc) is 2.92. The van der Waals surface area contributed by atoms with Gasteiger partial charge in [0.05, 0.1) is 15.0 Å². The van der Waals surface area contributed by atoms with E-state index in [1.807, 2.05) is 0 Å². The van der Waals surface area contributed by atoms with E-state index in [2.05, 4.69) is 18.7 Å². The maximum atomic E-state index is 13.0.